The van der Waals surface area contributed by atoms with Gasteiger partial charge in [-0.3, -0.25) is 0 Å². The zero-order valence-electron chi connectivity index (χ0n) is 17.6. The summed E-state index contributed by atoms with van der Waals surface area (Å²) >= 11 is 1.78. The molecule has 160 valence electrons. The van der Waals surface area contributed by atoms with E-state index in [9.17, 15) is 0 Å². The summed E-state index contributed by atoms with van der Waals surface area (Å²) in [7, 11) is 0. The maximum absolute atomic E-state index is 6.28. The third-order valence-corrected chi connectivity index (χ3v) is 6.61. The van der Waals surface area contributed by atoms with Gasteiger partial charge in [0.2, 0.25) is 0 Å². The van der Waals surface area contributed by atoms with Crippen LogP contribution in [0.15, 0.2) is 30.5 Å². The molecule has 2 aliphatic heterocycles. The Hall–Kier alpha value is -1.80. The molecule has 0 unspecified atom stereocenters. The molecule has 2 aliphatic rings. The lowest BCUT2D eigenvalue weighted by atomic mass is 10.1. The van der Waals surface area contributed by atoms with Crippen molar-refractivity contribution in [1.82, 2.24) is 8.96 Å². The lowest BCUT2D eigenvalue weighted by molar-refractivity contribution is -0.613. The fraction of sp³-hybridized carbons (Fsp3) is 0.455. The van der Waals surface area contributed by atoms with Crippen molar-refractivity contribution in [2.24, 2.45) is 5.92 Å². The highest BCUT2D eigenvalue weighted by Crippen LogP contribution is 2.33. The van der Waals surface area contributed by atoms with Crippen molar-refractivity contribution in [1.29, 1.82) is 0 Å². The summed E-state index contributed by atoms with van der Waals surface area (Å²) in [5.74, 6) is 2.54. The minimum Gasteiger partial charge on any atom is -1.00 e. The standard InChI is InChI=1S/C22H26N3O3S.ClH/c1-14-9-24-19(13-29-25-18-8-6-5-7-17(18)23-21(24)25)15(2)20(14)26-10-16-11-27-22(3,4)28-12-16;/h5-9,16H,10-13H2,1-4H3;1H/q+1;/p-1. The summed E-state index contributed by atoms with van der Waals surface area (Å²) in [6.07, 6.45) is 2.14. The van der Waals surface area contributed by atoms with Crippen molar-refractivity contribution in [3.8, 4) is 11.7 Å². The molecule has 2 aromatic heterocycles. The molecular weight excluding hydrogens is 422 g/mol. The molecule has 0 atom stereocenters. The van der Waals surface area contributed by atoms with Crippen LogP contribution in [0.4, 0.5) is 0 Å². The summed E-state index contributed by atoms with van der Waals surface area (Å²) in [6, 6.07) is 8.28. The van der Waals surface area contributed by atoms with Gasteiger partial charge in [-0.05, 0) is 39.8 Å². The van der Waals surface area contributed by atoms with E-state index >= 15 is 0 Å². The Morgan fingerprint density at radius 2 is 1.97 bits per heavy atom. The van der Waals surface area contributed by atoms with Crippen molar-refractivity contribution in [2.45, 2.75) is 39.2 Å². The molecule has 6 nitrogen and oxygen atoms in total. The predicted molar refractivity (Wildman–Crippen MR) is 112 cm³/mol. The maximum atomic E-state index is 6.28. The second-order valence-corrected chi connectivity index (χ2v) is 9.16. The van der Waals surface area contributed by atoms with E-state index in [4.69, 9.17) is 19.2 Å². The second kappa shape index (κ2) is 8.04. The van der Waals surface area contributed by atoms with E-state index in [1.54, 1.807) is 11.9 Å². The van der Waals surface area contributed by atoms with Crippen LogP contribution in [-0.4, -0.2) is 34.6 Å². The average molecular weight is 448 g/mol. The first kappa shape index (κ1) is 21.4. The van der Waals surface area contributed by atoms with Gasteiger partial charge in [-0.1, -0.05) is 17.1 Å². The molecule has 3 aromatic rings. The molecule has 0 aliphatic carbocycles. The fourth-order valence-corrected chi connectivity index (χ4v) is 5.08. The highest BCUT2D eigenvalue weighted by atomic mass is 35.5. The van der Waals surface area contributed by atoms with Crippen molar-refractivity contribution in [2.75, 3.05) is 19.8 Å². The number of benzene rings is 1. The first-order valence-electron chi connectivity index (χ1n) is 9.99. The Morgan fingerprint density at radius 3 is 2.73 bits per heavy atom. The van der Waals surface area contributed by atoms with Gasteiger partial charge in [0.25, 0.3) is 0 Å². The maximum Gasteiger partial charge on any atom is 0.415 e. The lowest BCUT2D eigenvalue weighted by Gasteiger charge is -2.35. The quantitative estimate of drug-likeness (QED) is 0.554. The van der Waals surface area contributed by atoms with Gasteiger partial charge in [-0.2, -0.15) is 3.97 Å². The number of hydrogen-bond acceptors (Lipinski definition) is 5. The number of imidazole rings is 1. The molecule has 8 heteroatoms. The smallest absolute Gasteiger partial charge is 0.415 e. The van der Waals surface area contributed by atoms with Crippen LogP contribution < -0.4 is 21.7 Å². The van der Waals surface area contributed by atoms with Crippen LogP contribution in [0.2, 0.25) is 0 Å². The fourth-order valence-electron chi connectivity index (χ4n) is 3.94. The Balaban J connectivity index is 0.00000218. The Labute approximate surface area is 187 Å². The number of para-hydroxylation sites is 2. The molecular formula is C22H26ClN3O3S. The lowest BCUT2D eigenvalue weighted by Crippen LogP contribution is -3.00. The van der Waals surface area contributed by atoms with E-state index in [-0.39, 0.29) is 18.3 Å². The zero-order chi connectivity index (χ0) is 20.2. The number of pyridine rings is 1. The molecule has 0 N–H and O–H groups in total. The molecule has 1 saturated heterocycles. The Bertz CT molecular complexity index is 1090. The van der Waals surface area contributed by atoms with E-state index < -0.39 is 5.79 Å². The molecule has 4 heterocycles. The molecule has 5 rings (SSSR count). The number of aromatic nitrogens is 3. The van der Waals surface area contributed by atoms with Crippen molar-refractivity contribution >= 4 is 23.0 Å². The summed E-state index contributed by atoms with van der Waals surface area (Å²) < 4.78 is 22.2. The van der Waals surface area contributed by atoms with Gasteiger partial charge in [0, 0.05) is 29.0 Å². The van der Waals surface area contributed by atoms with Gasteiger partial charge in [-0.15, -0.1) is 0 Å². The SMILES string of the molecule is Cc1c[n+]2c(c(C)c1OCC1COC(C)(C)OC1)CSn1c-2nc2ccccc21.[Cl-]. The Kier molecular flexibility index (Phi) is 5.74. The third kappa shape index (κ3) is 3.68. The molecule has 1 aromatic carbocycles. The van der Waals surface area contributed by atoms with Crippen LogP contribution in [0.5, 0.6) is 5.75 Å². The zero-order valence-corrected chi connectivity index (χ0v) is 19.2. The molecule has 30 heavy (non-hydrogen) atoms. The first-order chi connectivity index (χ1) is 13.9. The largest absolute Gasteiger partial charge is 1.00 e. The van der Waals surface area contributed by atoms with E-state index in [0.29, 0.717) is 19.8 Å². The van der Waals surface area contributed by atoms with Gasteiger partial charge >= 0.3 is 5.95 Å². The van der Waals surface area contributed by atoms with E-state index in [2.05, 4.69) is 46.8 Å². The van der Waals surface area contributed by atoms with Crippen LogP contribution in [0, 0.1) is 19.8 Å². The number of rotatable bonds is 3. The summed E-state index contributed by atoms with van der Waals surface area (Å²) in [5, 5.41) is 0. The van der Waals surface area contributed by atoms with Gasteiger partial charge in [0.1, 0.15) is 11.4 Å². The topological polar surface area (TPSA) is 49.4 Å². The van der Waals surface area contributed by atoms with Gasteiger partial charge in [0.05, 0.1) is 31.8 Å². The van der Waals surface area contributed by atoms with Crippen LogP contribution in [0.3, 0.4) is 0 Å². The van der Waals surface area contributed by atoms with Crippen molar-refractivity contribution in [3.05, 3.63) is 47.3 Å². The number of aryl methyl sites for hydroxylation is 1. The number of halogens is 1. The van der Waals surface area contributed by atoms with E-state index in [1.165, 1.54) is 11.3 Å². The first-order valence-corrected chi connectivity index (χ1v) is 10.9. The van der Waals surface area contributed by atoms with E-state index in [1.807, 2.05) is 19.9 Å². The highest BCUT2D eigenvalue weighted by molar-refractivity contribution is 7.97. The number of ether oxygens (including phenoxy) is 3. The summed E-state index contributed by atoms with van der Waals surface area (Å²) in [4.78, 5) is 4.87. The summed E-state index contributed by atoms with van der Waals surface area (Å²) in [5.41, 5.74) is 5.69. The van der Waals surface area contributed by atoms with Crippen molar-refractivity contribution < 1.29 is 31.2 Å². The number of fused-ring (bicyclic) bond motifs is 5. The molecule has 1 fully saturated rings. The Morgan fingerprint density at radius 1 is 1.23 bits per heavy atom. The normalized spacial score (nSPS) is 17.9. The number of nitrogens with zero attached hydrogens (tertiary/aromatic N) is 3. The molecule has 0 spiro atoms. The monoisotopic (exact) mass is 447 g/mol. The van der Waals surface area contributed by atoms with Gasteiger partial charge < -0.3 is 26.6 Å². The molecule has 0 saturated carbocycles. The van der Waals surface area contributed by atoms with Gasteiger partial charge in [0.15, 0.2) is 16.8 Å². The minimum atomic E-state index is -0.493. The van der Waals surface area contributed by atoms with Crippen molar-refractivity contribution in [3.63, 3.8) is 0 Å². The second-order valence-electron chi connectivity index (χ2n) is 8.25. The van der Waals surface area contributed by atoms with Crippen LogP contribution >= 0.6 is 11.9 Å². The third-order valence-electron chi connectivity index (χ3n) is 5.59. The average Bonchev–Trinajstić information content (AvgIpc) is 3.08. The summed E-state index contributed by atoms with van der Waals surface area (Å²) in [6.45, 7) is 10.0. The molecule has 0 bridgehead atoms. The minimum absolute atomic E-state index is 0. The van der Waals surface area contributed by atoms with Crippen LogP contribution in [0.1, 0.15) is 30.7 Å². The predicted octanol–water partition coefficient (Wildman–Crippen LogP) is 0.722. The van der Waals surface area contributed by atoms with Crippen LogP contribution in [0.25, 0.3) is 17.0 Å². The van der Waals surface area contributed by atoms with Crippen LogP contribution in [-0.2, 0) is 15.2 Å². The van der Waals surface area contributed by atoms with E-state index in [0.717, 1.165) is 34.0 Å². The van der Waals surface area contributed by atoms with Gasteiger partial charge in [-0.25, -0.2) is 4.57 Å². The molecule has 0 amide bonds. The molecule has 0 radical (unpaired) electrons. The highest BCUT2D eigenvalue weighted by Gasteiger charge is 2.32. The number of hydrogen-bond donors (Lipinski definition) is 0.